The lowest BCUT2D eigenvalue weighted by atomic mass is 10.2. The van der Waals surface area contributed by atoms with Crippen LogP contribution in [0.1, 0.15) is 11.3 Å². The van der Waals surface area contributed by atoms with Gasteiger partial charge in [0.15, 0.2) is 6.61 Å². The van der Waals surface area contributed by atoms with Gasteiger partial charge in [-0.1, -0.05) is 24.3 Å². The first-order valence-electron chi connectivity index (χ1n) is 8.22. The Hall–Kier alpha value is -3.37. The lowest BCUT2D eigenvalue weighted by molar-refractivity contribution is -0.118. The highest BCUT2D eigenvalue weighted by Crippen LogP contribution is 2.24. The Bertz CT molecular complexity index is 918. The van der Waals surface area contributed by atoms with Crippen LogP contribution in [0.25, 0.3) is 0 Å². The van der Waals surface area contributed by atoms with E-state index in [-0.39, 0.29) is 12.5 Å². The van der Waals surface area contributed by atoms with Crippen LogP contribution in [-0.4, -0.2) is 17.5 Å². The molecule has 0 spiro atoms. The molecule has 0 unspecified atom stereocenters. The summed E-state index contributed by atoms with van der Waals surface area (Å²) in [5, 5.41) is 13.4. The summed E-state index contributed by atoms with van der Waals surface area (Å²) < 4.78 is 11.2. The fourth-order valence-corrected chi connectivity index (χ4v) is 2.83. The van der Waals surface area contributed by atoms with Crippen molar-refractivity contribution in [2.45, 2.75) is 13.0 Å². The molecule has 0 fully saturated rings. The van der Waals surface area contributed by atoms with E-state index in [2.05, 4.69) is 16.4 Å². The number of ether oxygens (including phenoxy) is 2. The topological polar surface area (TPSA) is 84.2 Å². The number of thiazole rings is 1. The average molecular weight is 379 g/mol. The number of rotatable bonds is 8. The Kier molecular flexibility index (Phi) is 6.39. The summed E-state index contributed by atoms with van der Waals surface area (Å²) in [5.41, 5.74) is 4.06. The molecule has 1 aromatic heterocycles. The van der Waals surface area contributed by atoms with Gasteiger partial charge in [-0.05, 0) is 29.8 Å². The molecule has 0 radical (unpaired) electrons. The van der Waals surface area contributed by atoms with Gasteiger partial charge >= 0.3 is 0 Å². The molecule has 0 saturated carbocycles. The number of nitriles is 1. The molecule has 3 rings (SSSR count). The molecule has 7 heteroatoms. The van der Waals surface area contributed by atoms with E-state index in [1.54, 1.807) is 41.9 Å². The molecular weight excluding hydrogens is 362 g/mol. The molecule has 0 bridgehead atoms. The molecule has 136 valence electrons. The first-order chi connectivity index (χ1) is 13.2. The van der Waals surface area contributed by atoms with E-state index >= 15 is 0 Å². The van der Waals surface area contributed by atoms with E-state index < -0.39 is 0 Å². The minimum atomic E-state index is -0.291. The average Bonchev–Trinajstić information content (AvgIpc) is 3.21. The van der Waals surface area contributed by atoms with Gasteiger partial charge in [0, 0.05) is 5.38 Å². The van der Waals surface area contributed by atoms with Gasteiger partial charge < -0.3 is 14.8 Å². The molecule has 0 aliphatic carbocycles. The van der Waals surface area contributed by atoms with Crippen molar-refractivity contribution in [1.29, 1.82) is 5.26 Å². The third-order valence-electron chi connectivity index (χ3n) is 3.60. The van der Waals surface area contributed by atoms with Gasteiger partial charge in [0.05, 0.1) is 29.4 Å². The number of hydrogen-bond acceptors (Lipinski definition) is 6. The second kappa shape index (κ2) is 9.36. The zero-order chi connectivity index (χ0) is 18.9. The van der Waals surface area contributed by atoms with Crippen LogP contribution in [0, 0.1) is 11.3 Å². The Labute approximate surface area is 161 Å². The van der Waals surface area contributed by atoms with Crippen LogP contribution in [0.2, 0.25) is 0 Å². The summed E-state index contributed by atoms with van der Waals surface area (Å²) in [7, 11) is 0. The van der Waals surface area contributed by atoms with Gasteiger partial charge in [0.2, 0.25) is 0 Å². The minimum Gasteiger partial charge on any atom is -0.485 e. The van der Waals surface area contributed by atoms with Crippen molar-refractivity contribution >= 4 is 22.9 Å². The van der Waals surface area contributed by atoms with Crippen LogP contribution >= 0.6 is 11.3 Å². The van der Waals surface area contributed by atoms with Crippen LogP contribution < -0.4 is 14.8 Å². The van der Waals surface area contributed by atoms with Gasteiger partial charge in [-0.25, -0.2) is 4.98 Å². The lowest BCUT2D eigenvalue weighted by Gasteiger charge is -2.12. The van der Waals surface area contributed by atoms with E-state index in [1.807, 2.05) is 17.5 Å². The van der Waals surface area contributed by atoms with Gasteiger partial charge in [-0.3, -0.25) is 4.79 Å². The Morgan fingerprint density at radius 1 is 1.15 bits per heavy atom. The first kappa shape index (κ1) is 18.4. The predicted octanol–water partition coefficient (Wildman–Crippen LogP) is 3.81. The van der Waals surface area contributed by atoms with Crippen LogP contribution in [0.15, 0.2) is 59.4 Å². The summed E-state index contributed by atoms with van der Waals surface area (Å²) in [6.07, 6.45) is 0.346. The maximum Gasteiger partial charge on any atom is 0.262 e. The third-order valence-corrected chi connectivity index (χ3v) is 4.23. The molecule has 1 N–H and O–H groups in total. The zero-order valence-electron chi connectivity index (χ0n) is 14.4. The Balaban J connectivity index is 1.53. The van der Waals surface area contributed by atoms with Gasteiger partial charge in [0.25, 0.3) is 5.91 Å². The molecule has 6 nitrogen and oxygen atoms in total. The smallest absolute Gasteiger partial charge is 0.262 e. The molecule has 0 aliphatic rings. The number of aromatic nitrogens is 1. The van der Waals surface area contributed by atoms with Gasteiger partial charge in [0.1, 0.15) is 18.1 Å². The highest BCUT2D eigenvalue weighted by molar-refractivity contribution is 7.07. The lowest BCUT2D eigenvalue weighted by Crippen LogP contribution is -2.20. The standard InChI is InChI=1S/C20H17N3O3S/c21-10-9-15-5-7-17(8-6-15)25-12-20(24)23-18-3-1-2-4-19(18)26-11-16-13-27-14-22-16/h1-8,13-14H,9,11-12H2,(H,23,24). The van der Waals surface area contributed by atoms with Crippen molar-refractivity contribution in [3.8, 4) is 17.6 Å². The highest BCUT2D eigenvalue weighted by atomic mass is 32.1. The van der Waals surface area contributed by atoms with Crippen molar-refractivity contribution in [2.24, 2.45) is 0 Å². The van der Waals surface area contributed by atoms with E-state index in [9.17, 15) is 4.79 Å². The van der Waals surface area contributed by atoms with Crippen LogP contribution in [-0.2, 0) is 17.8 Å². The summed E-state index contributed by atoms with van der Waals surface area (Å²) in [6.45, 7) is 0.208. The summed E-state index contributed by atoms with van der Waals surface area (Å²) in [5.74, 6) is 0.848. The molecule has 27 heavy (non-hydrogen) atoms. The SMILES string of the molecule is N#CCc1ccc(OCC(=O)Nc2ccccc2OCc2cscn2)cc1. The van der Waals surface area contributed by atoms with Gasteiger partial charge in [-0.15, -0.1) is 11.3 Å². The quantitative estimate of drug-likeness (QED) is 0.643. The number of hydrogen-bond donors (Lipinski definition) is 1. The van der Waals surface area contributed by atoms with Crippen molar-refractivity contribution in [3.63, 3.8) is 0 Å². The largest absolute Gasteiger partial charge is 0.485 e. The number of carbonyl (C=O) groups is 1. The van der Waals surface area contributed by atoms with Crippen molar-refractivity contribution < 1.29 is 14.3 Å². The summed E-state index contributed by atoms with van der Waals surface area (Å²) in [4.78, 5) is 16.4. The number of carbonyl (C=O) groups excluding carboxylic acids is 1. The monoisotopic (exact) mass is 379 g/mol. The fourth-order valence-electron chi connectivity index (χ4n) is 2.29. The van der Waals surface area contributed by atoms with E-state index in [0.717, 1.165) is 11.3 Å². The molecule has 0 aliphatic heterocycles. The first-order valence-corrected chi connectivity index (χ1v) is 9.16. The number of amides is 1. The summed E-state index contributed by atoms with van der Waals surface area (Å²) in [6, 6.07) is 16.4. The van der Waals surface area contributed by atoms with E-state index in [0.29, 0.717) is 30.2 Å². The predicted molar refractivity (Wildman–Crippen MR) is 103 cm³/mol. The van der Waals surface area contributed by atoms with Crippen LogP contribution in [0.3, 0.4) is 0 Å². The van der Waals surface area contributed by atoms with Crippen molar-refractivity contribution in [3.05, 3.63) is 70.7 Å². The normalized spacial score (nSPS) is 10.0. The zero-order valence-corrected chi connectivity index (χ0v) is 15.2. The van der Waals surface area contributed by atoms with Crippen LogP contribution in [0.5, 0.6) is 11.5 Å². The molecule has 2 aromatic carbocycles. The highest BCUT2D eigenvalue weighted by Gasteiger charge is 2.09. The second-order valence-electron chi connectivity index (χ2n) is 5.58. The van der Waals surface area contributed by atoms with Gasteiger partial charge in [-0.2, -0.15) is 5.26 Å². The second-order valence-corrected chi connectivity index (χ2v) is 6.30. The number of anilines is 1. The maximum atomic E-state index is 12.2. The maximum absolute atomic E-state index is 12.2. The van der Waals surface area contributed by atoms with E-state index in [4.69, 9.17) is 14.7 Å². The Morgan fingerprint density at radius 3 is 2.70 bits per heavy atom. The summed E-state index contributed by atoms with van der Waals surface area (Å²) >= 11 is 1.50. The van der Waals surface area contributed by atoms with Crippen molar-refractivity contribution in [2.75, 3.05) is 11.9 Å². The molecular formula is C20H17N3O3S. The van der Waals surface area contributed by atoms with Crippen LogP contribution in [0.4, 0.5) is 5.69 Å². The minimum absolute atomic E-state index is 0.127. The number of para-hydroxylation sites is 2. The Morgan fingerprint density at radius 2 is 1.96 bits per heavy atom. The molecule has 0 atom stereocenters. The number of benzene rings is 2. The number of nitrogens with one attached hydrogen (secondary N) is 1. The molecule has 0 saturated heterocycles. The third kappa shape index (κ3) is 5.56. The van der Waals surface area contributed by atoms with E-state index in [1.165, 1.54) is 11.3 Å². The fraction of sp³-hybridized carbons (Fsp3) is 0.150. The van der Waals surface area contributed by atoms with Crippen molar-refractivity contribution in [1.82, 2.24) is 4.98 Å². The number of nitrogens with zero attached hydrogens (tertiary/aromatic N) is 2. The molecule has 1 amide bonds. The molecule has 3 aromatic rings. The molecule has 1 heterocycles.